The number of aryl methyl sites for hydroxylation is 1. The van der Waals surface area contributed by atoms with Crippen LogP contribution in [0.5, 0.6) is 0 Å². The first kappa shape index (κ1) is 27.1. The van der Waals surface area contributed by atoms with Crippen molar-refractivity contribution >= 4 is 17.9 Å². The van der Waals surface area contributed by atoms with E-state index in [4.69, 9.17) is 22.2 Å². The van der Waals surface area contributed by atoms with Gasteiger partial charge in [0.05, 0.1) is 18.9 Å². The van der Waals surface area contributed by atoms with Gasteiger partial charge in [0.15, 0.2) is 0 Å². The van der Waals surface area contributed by atoms with E-state index in [0.29, 0.717) is 11.3 Å². The normalized spacial score (nSPS) is 13.5. The lowest BCUT2D eigenvalue weighted by atomic mass is 10.0. The van der Waals surface area contributed by atoms with Gasteiger partial charge in [0.2, 0.25) is 5.91 Å². The lowest BCUT2D eigenvalue weighted by Gasteiger charge is -2.25. The van der Waals surface area contributed by atoms with Crippen LogP contribution in [-0.4, -0.2) is 50.0 Å². The number of hydrazine groups is 1. The van der Waals surface area contributed by atoms with Crippen molar-refractivity contribution in [2.75, 3.05) is 37.9 Å². The molecule has 0 bridgehead atoms. The molecule has 0 spiro atoms. The summed E-state index contributed by atoms with van der Waals surface area (Å²) in [5.41, 5.74) is 9.25. The molecule has 1 heterocycles. The standard InChI is InChI=1S/C15H17N5O.C7H15NO.C2H6/c1-10-2-4-11(5-3-10)12-6-13(15(16)21)8-14(7-12)20(18)9-19-17;1-2-3-8-4-6-9-7-5-8;1-2/h2-9H,17-18H2,1H3,(H2,16,21);2-7H2,1H3;1-2H3/b19-9-;;. The van der Waals surface area contributed by atoms with Crippen molar-refractivity contribution in [3.8, 4) is 11.1 Å². The van der Waals surface area contributed by atoms with Gasteiger partial charge in [-0.2, -0.15) is 5.10 Å². The molecule has 0 radical (unpaired) electrons. The highest BCUT2D eigenvalue weighted by atomic mass is 16.5. The Morgan fingerprint density at radius 2 is 1.75 bits per heavy atom. The van der Waals surface area contributed by atoms with Gasteiger partial charge >= 0.3 is 0 Å². The fourth-order valence-corrected chi connectivity index (χ4v) is 3.09. The van der Waals surface area contributed by atoms with E-state index in [1.807, 2.05) is 51.1 Å². The largest absolute Gasteiger partial charge is 0.379 e. The highest BCUT2D eigenvalue weighted by Crippen LogP contribution is 2.26. The number of primary amides is 1. The van der Waals surface area contributed by atoms with Crippen LogP contribution in [0.3, 0.4) is 0 Å². The monoisotopic (exact) mass is 442 g/mol. The molecule has 0 aliphatic carbocycles. The molecule has 3 rings (SSSR count). The molecule has 8 heteroatoms. The number of hydrogen-bond donors (Lipinski definition) is 3. The van der Waals surface area contributed by atoms with Crippen LogP contribution in [0.15, 0.2) is 47.6 Å². The molecule has 2 aromatic carbocycles. The molecule has 1 amide bonds. The molecule has 176 valence electrons. The lowest BCUT2D eigenvalue weighted by Crippen LogP contribution is -2.36. The number of carbonyl (C=O) groups is 1. The fraction of sp³-hybridized carbons (Fsp3) is 0.417. The molecular weight excluding hydrogens is 404 g/mol. The number of benzene rings is 2. The summed E-state index contributed by atoms with van der Waals surface area (Å²) in [6, 6.07) is 13.1. The second-order valence-electron chi connectivity index (χ2n) is 7.12. The molecule has 1 saturated heterocycles. The Balaban J connectivity index is 0.000000388. The van der Waals surface area contributed by atoms with E-state index in [-0.39, 0.29) is 0 Å². The van der Waals surface area contributed by atoms with E-state index in [2.05, 4.69) is 16.9 Å². The summed E-state index contributed by atoms with van der Waals surface area (Å²) in [7, 11) is 0. The van der Waals surface area contributed by atoms with Gasteiger partial charge < -0.3 is 16.3 Å². The quantitative estimate of drug-likeness (QED) is 0.273. The maximum Gasteiger partial charge on any atom is 0.248 e. The SMILES string of the molecule is CC.CCCN1CCOCC1.Cc1ccc(-c2cc(C(N)=O)cc(N(N)/C=N\N)c2)cc1. The van der Waals surface area contributed by atoms with Crippen molar-refractivity contribution in [1.29, 1.82) is 0 Å². The predicted octanol–water partition coefficient (Wildman–Crippen LogP) is 3.10. The third-order valence-electron chi connectivity index (χ3n) is 4.72. The predicted molar refractivity (Wildman–Crippen MR) is 133 cm³/mol. The van der Waals surface area contributed by atoms with Crippen molar-refractivity contribution in [3.63, 3.8) is 0 Å². The number of morpholine rings is 1. The first-order chi connectivity index (χ1) is 15.4. The van der Waals surface area contributed by atoms with Crippen LogP contribution in [0.4, 0.5) is 5.69 Å². The highest BCUT2D eigenvalue weighted by molar-refractivity contribution is 5.96. The van der Waals surface area contributed by atoms with Gasteiger partial charge in [0, 0.05) is 18.7 Å². The van der Waals surface area contributed by atoms with Crippen molar-refractivity contribution in [3.05, 3.63) is 53.6 Å². The minimum atomic E-state index is -0.525. The number of amides is 1. The van der Waals surface area contributed by atoms with Crippen molar-refractivity contribution in [2.24, 2.45) is 22.5 Å². The summed E-state index contributed by atoms with van der Waals surface area (Å²) < 4.78 is 5.20. The molecule has 1 fully saturated rings. The zero-order chi connectivity index (χ0) is 23.9. The summed E-state index contributed by atoms with van der Waals surface area (Å²) in [6.07, 6.45) is 2.51. The maximum atomic E-state index is 11.5. The van der Waals surface area contributed by atoms with Crippen LogP contribution >= 0.6 is 0 Å². The molecule has 32 heavy (non-hydrogen) atoms. The summed E-state index contributed by atoms with van der Waals surface area (Å²) in [4.78, 5) is 13.9. The molecular formula is C24H38N6O2. The van der Waals surface area contributed by atoms with Crippen molar-refractivity contribution in [2.45, 2.75) is 34.1 Å². The zero-order valence-corrected chi connectivity index (χ0v) is 19.8. The van der Waals surface area contributed by atoms with Crippen LogP contribution in [0.25, 0.3) is 11.1 Å². The van der Waals surface area contributed by atoms with E-state index >= 15 is 0 Å². The number of hydrogen-bond acceptors (Lipinski definition) is 6. The third-order valence-corrected chi connectivity index (χ3v) is 4.72. The number of ether oxygens (including phenoxy) is 1. The van der Waals surface area contributed by atoms with Gasteiger partial charge in [-0.3, -0.25) is 14.7 Å². The molecule has 8 nitrogen and oxygen atoms in total. The summed E-state index contributed by atoms with van der Waals surface area (Å²) in [5.74, 6) is 10.4. The molecule has 2 aromatic rings. The van der Waals surface area contributed by atoms with Gasteiger partial charge in [0.25, 0.3) is 0 Å². The highest BCUT2D eigenvalue weighted by Gasteiger charge is 2.10. The van der Waals surface area contributed by atoms with E-state index in [9.17, 15) is 4.79 Å². The Morgan fingerprint density at radius 3 is 2.28 bits per heavy atom. The van der Waals surface area contributed by atoms with Gasteiger partial charge in [-0.05, 0) is 49.2 Å². The zero-order valence-electron chi connectivity index (χ0n) is 19.8. The Labute approximate surface area is 192 Å². The van der Waals surface area contributed by atoms with Gasteiger partial charge in [-0.15, -0.1) is 0 Å². The summed E-state index contributed by atoms with van der Waals surface area (Å²) >= 11 is 0. The molecule has 0 atom stereocenters. The maximum absolute atomic E-state index is 11.5. The smallest absolute Gasteiger partial charge is 0.248 e. The topological polar surface area (TPSA) is 123 Å². The van der Waals surface area contributed by atoms with Crippen LogP contribution < -0.4 is 22.4 Å². The average molecular weight is 443 g/mol. The van der Waals surface area contributed by atoms with Crippen molar-refractivity contribution in [1.82, 2.24) is 4.90 Å². The summed E-state index contributed by atoms with van der Waals surface area (Å²) in [6.45, 7) is 13.6. The number of hydrazone groups is 1. The Kier molecular flexibility index (Phi) is 12.7. The average Bonchev–Trinajstić information content (AvgIpc) is 2.82. The Hall–Kier alpha value is -2.94. The van der Waals surface area contributed by atoms with E-state index in [0.717, 1.165) is 43.0 Å². The number of rotatable bonds is 6. The van der Waals surface area contributed by atoms with Crippen LogP contribution in [-0.2, 0) is 4.74 Å². The number of nitrogens with two attached hydrogens (primary N) is 3. The van der Waals surface area contributed by atoms with E-state index in [1.165, 1.54) is 24.3 Å². The molecule has 6 N–H and O–H groups in total. The second kappa shape index (κ2) is 15.0. The molecule has 1 aliphatic heterocycles. The minimum Gasteiger partial charge on any atom is -0.379 e. The number of nitrogens with zero attached hydrogens (tertiary/aromatic N) is 3. The van der Waals surface area contributed by atoms with Crippen molar-refractivity contribution < 1.29 is 9.53 Å². The Bertz CT molecular complexity index is 830. The van der Waals surface area contributed by atoms with Gasteiger partial charge in [-0.1, -0.05) is 50.6 Å². The molecule has 1 aliphatic rings. The van der Waals surface area contributed by atoms with E-state index < -0.39 is 5.91 Å². The lowest BCUT2D eigenvalue weighted by molar-refractivity contribution is 0.0380. The summed E-state index contributed by atoms with van der Waals surface area (Å²) in [5, 5.41) is 4.59. The molecule has 0 unspecified atom stereocenters. The second-order valence-corrected chi connectivity index (χ2v) is 7.12. The first-order valence-corrected chi connectivity index (χ1v) is 11.0. The third kappa shape index (κ3) is 9.05. The Morgan fingerprint density at radius 1 is 1.12 bits per heavy atom. The molecule has 0 aromatic heterocycles. The minimum absolute atomic E-state index is 0.365. The number of carbonyl (C=O) groups excluding carboxylic acids is 1. The van der Waals surface area contributed by atoms with Crippen LogP contribution in [0, 0.1) is 6.92 Å². The number of anilines is 1. The molecule has 0 saturated carbocycles. The van der Waals surface area contributed by atoms with Crippen LogP contribution in [0.2, 0.25) is 0 Å². The van der Waals surface area contributed by atoms with E-state index in [1.54, 1.807) is 12.1 Å². The van der Waals surface area contributed by atoms with Gasteiger partial charge in [0.1, 0.15) is 6.34 Å². The fourth-order valence-electron chi connectivity index (χ4n) is 3.09. The van der Waals surface area contributed by atoms with Crippen LogP contribution in [0.1, 0.15) is 43.1 Å². The van der Waals surface area contributed by atoms with Gasteiger partial charge in [-0.25, -0.2) is 5.84 Å². The first-order valence-electron chi connectivity index (χ1n) is 11.0.